The predicted octanol–water partition coefficient (Wildman–Crippen LogP) is 2.81. The summed E-state index contributed by atoms with van der Waals surface area (Å²) in [6.07, 6.45) is 1.08. The highest BCUT2D eigenvalue weighted by Crippen LogP contribution is 2.20. The van der Waals surface area contributed by atoms with Gasteiger partial charge in [-0.2, -0.15) is 0 Å². The minimum absolute atomic E-state index is 0.231. The van der Waals surface area contributed by atoms with Gasteiger partial charge in [0.05, 0.1) is 11.9 Å². The minimum Gasteiger partial charge on any atom is -0.350 e. The van der Waals surface area contributed by atoms with Gasteiger partial charge in [0.25, 0.3) is 0 Å². The molecule has 0 bridgehead atoms. The first-order valence-electron chi connectivity index (χ1n) is 7.36. The molecule has 0 radical (unpaired) electrons. The van der Waals surface area contributed by atoms with Gasteiger partial charge in [-0.3, -0.25) is 9.10 Å². The standard InChI is InChI=1S/C17H19ClN2O3S/c1-13(17(21)19-12-14-8-6-7-11-16(14)18)20(24(2,22)23)15-9-4-3-5-10-15/h3-11,13H,12H2,1-2H3,(H,19,21)/t13-/m0/s1. The molecule has 24 heavy (non-hydrogen) atoms. The summed E-state index contributed by atoms with van der Waals surface area (Å²) in [5, 5.41) is 3.28. The van der Waals surface area contributed by atoms with E-state index >= 15 is 0 Å². The number of nitrogens with one attached hydrogen (secondary N) is 1. The summed E-state index contributed by atoms with van der Waals surface area (Å²) in [6.45, 7) is 1.78. The number of nitrogens with zero attached hydrogens (tertiary/aromatic N) is 1. The van der Waals surface area contributed by atoms with E-state index in [4.69, 9.17) is 11.6 Å². The number of hydrogen-bond donors (Lipinski definition) is 1. The molecule has 7 heteroatoms. The van der Waals surface area contributed by atoms with Crippen LogP contribution in [-0.2, 0) is 21.4 Å². The highest BCUT2D eigenvalue weighted by Gasteiger charge is 2.28. The molecule has 0 saturated carbocycles. The largest absolute Gasteiger partial charge is 0.350 e. The first-order valence-corrected chi connectivity index (χ1v) is 9.59. The number of anilines is 1. The van der Waals surface area contributed by atoms with E-state index in [1.54, 1.807) is 55.5 Å². The van der Waals surface area contributed by atoms with Crippen molar-refractivity contribution in [2.24, 2.45) is 0 Å². The van der Waals surface area contributed by atoms with Crippen LogP contribution in [0, 0.1) is 0 Å². The summed E-state index contributed by atoms with van der Waals surface area (Å²) in [4.78, 5) is 12.4. The molecule has 2 rings (SSSR count). The van der Waals surface area contributed by atoms with E-state index < -0.39 is 22.0 Å². The third kappa shape index (κ3) is 4.49. The molecule has 0 aliphatic carbocycles. The molecular weight excluding hydrogens is 348 g/mol. The molecular formula is C17H19ClN2O3S. The fourth-order valence-electron chi connectivity index (χ4n) is 2.36. The highest BCUT2D eigenvalue weighted by atomic mass is 35.5. The van der Waals surface area contributed by atoms with Crippen molar-refractivity contribution in [2.75, 3.05) is 10.6 Å². The molecule has 0 spiro atoms. The Morgan fingerprint density at radius 2 is 1.71 bits per heavy atom. The molecule has 0 aromatic heterocycles. The van der Waals surface area contributed by atoms with Gasteiger partial charge < -0.3 is 5.32 Å². The maximum Gasteiger partial charge on any atom is 0.243 e. The van der Waals surface area contributed by atoms with Gasteiger partial charge in [0, 0.05) is 11.6 Å². The molecule has 1 amide bonds. The topological polar surface area (TPSA) is 66.5 Å². The van der Waals surface area contributed by atoms with Gasteiger partial charge in [-0.25, -0.2) is 8.42 Å². The van der Waals surface area contributed by atoms with E-state index in [0.29, 0.717) is 10.7 Å². The maximum absolute atomic E-state index is 12.4. The number of hydrogen-bond acceptors (Lipinski definition) is 3. The van der Waals surface area contributed by atoms with Gasteiger partial charge in [-0.1, -0.05) is 48.0 Å². The van der Waals surface area contributed by atoms with Crippen molar-refractivity contribution < 1.29 is 13.2 Å². The summed E-state index contributed by atoms with van der Waals surface area (Å²) >= 11 is 6.06. The van der Waals surface area contributed by atoms with Crippen LogP contribution in [-0.4, -0.2) is 26.6 Å². The first kappa shape index (κ1) is 18.3. The zero-order valence-corrected chi connectivity index (χ0v) is 15.0. The Balaban J connectivity index is 2.16. The van der Waals surface area contributed by atoms with Crippen LogP contribution >= 0.6 is 11.6 Å². The Labute approximate surface area is 147 Å². The molecule has 0 heterocycles. The lowest BCUT2D eigenvalue weighted by Gasteiger charge is -2.28. The van der Waals surface area contributed by atoms with Crippen LogP contribution in [0.4, 0.5) is 5.69 Å². The van der Waals surface area contributed by atoms with E-state index in [2.05, 4.69) is 5.32 Å². The van der Waals surface area contributed by atoms with Gasteiger partial charge >= 0.3 is 0 Å². The quantitative estimate of drug-likeness (QED) is 0.854. The minimum atomic E-state index is -3.61. The van der Waals surface area contributed by atoms with Crippen molar-refractivity contribution in [1.82, 2.24) is 5.32 Å². The molecule has 128 valence electrons. The SMILES string of the molecule is C[C@@H](C(=O)NCc1ccccc1Cl)N(c1ccccc1)S(C)(=O)=O. The lowest BCUT2D eigenvalue weighted by molar-refractivity contribution is -0.122. The number of para-hydroxylation sites is 1. The monoisotopic (exact) mass is 366 g/mol. The highest BCUT2D eigenvalue weighted by molar-refractivity contribution is 7.92. The fourth-order valence-corrected chi connectivity index (χ4v) is 3.73. The molecule has 0 aliphatic heterocycles. The van der Waals surface area contributed by atoms with E-state index in [1.807, 2.05) is 6.07 Å². The van der Waals surface area contributed by atoms with Crippen LogP contribution < -0.4 is 9.62 Å². The summed E-state index contributed by atoms with van der Waals surface area (Å²) in [6, 6.07) is 14.8. The molecule has 0 unspecified atom stereocenters. The Hall–Kier alpha value is -2.05. The third-order valence-electron chi connectivity index (χ3n) is 3.51. The van der Waals surface area contributed by atoms with Crippen molar-refractivity contribution in [3.63, 3.8) is 0 Å². The molecule has 5 nitrogen and oxygen atoms in total. The van der Waals surface area contributed by atoms with Crippen LogP contribution in [0.1, 0.15) is 12.5 Å². The number of carbonyl (C=O) groups is 1. The smallest absolute Gasteiger partial charge is 0.243 e. The van der Waals surface area contributed by atoms with Gasteiger partial charge in [-0.15, -0.1) is 0 Å². The Kier molecular flexibility index (Phi) is 5.85. The van der Waals surface area contributed by atoms with Crippen molar-refractivity contribution in [2.45, 2.75) is 19.5 Å². The summed E-state index contributed by atoms with van der Waals surface area (Å²) in [5.41, 5.74) is 1.21. The number of halogens is 1. The molecule has 0 saturated heterocycles. The second-order valence-corrected chi connectivity index (χ2v) is 7.65. The Bertz CT molecular complexity index is 810. The van der Waals surface area contributed by atoms with Crippen LogP contribution in [0.15, 0.2) is 54.6 Å². The normalized spacial score (nSPS) is 12.5. The van der Waals surface area contributed by atoms with Crippen molar-refractivity contribution in [3.05, 3.63) is 65.2 Å². The predicted molar refractivity (Wildman–Crippen MR) is 96.5 cm³/mol. The number of amides is 1. The zero-order chi connectivity index (χ0) is 17.7. The van der Waals surface area contributed by atoms with Crippen LogP contribution in [0.2, 0.25) is 5.02 Å². The molecule has 1 N–H and O–H groups in total. The Morgan fingerprint density at radius 1 is 1.12 bits per heavy atom. The summed E-state index contributed by atoms with van der Waals surface area (Å²) < 4.78 is 25.4. The summed E-state index contributed by atoms with van der Waals surface area (Å²) in [7, 11) is -3.61. The van der Waals surface area contributed by atoms with Gasteiger partial charge in [0.2, 0.25) is 15.9 Å². The second-order valence-electron chi connectivity index (χ2n) is 5.38. The van der Waals surface area contributed by atoms with Gasteiger partial charge in [0.15, 0.2) is 0 Å². The van der Waals surface area contributed by atoms with Crippen molar-refractivity contribution in [1.29, 1.82) is 0 Å². The van der Waals surface area contributed by atoms with Crippen LogP contribution in [0.3, 0.4) is 0 Å². The molecule has 2 aromatic rings. The van der Waals surface area contributed by atoms with Gasteiger partial charge in [-0.05, 0) is 30.7 Å². The zero-order valence-electron chi connectivity index (χ0n) is 13.4. The number of sulfonamides is 1. The third-order valence-corrected chi connectivity index (χ3v) is 5.12. The fraction of sp³-hybridized carbons (Fsp3) is 0.235. The van der Waals surface area contributed by atoms with Gasteiger partial charge in [0.1, 0.15) is 6.04 Å². The molecule has 2 aromatic carbocycles. The molecule has 0 aliphatic rings. The molecule has 1 atom stereocenters. The Morgan fingerprint density at radius 3 is 2.29 bits per heavy atom. The van der Waals surface area contributed by atoms with E-state index in [-0.39, 0.29) is 6.54 Å². The van der Waals surface area contributed by atoms with Crippen molar-refractivity contribution in [3.8, 4) is 0 Å². The van der Waals surface area contributed by atoms with E-state index in [9.17, 15) is 13.2 Å². The second kappa shape index (κ2) is 7.68. The lowest BCUT2D eigenvalue weighted by atomic mass is 10.2. The number of benzene rings is 2. The van der Waals surface area contributed by atoms with Crippen LogP contribution in [0.5, 0.6) is 0 Å². The average Bonchev–Trinajstić information content (AvgIpc) is 2.53. The lowest BCUT2D eigenvalue weighted by Crippen LogP contribution is -2.47. The van der Waals surface area contributed by atoms with E-state index in [0.717, 1.165) is 16.1 Å². The summed E-state index contributed by atoms with van der Waals surface area (Å²) in [5.74, 6) is -0.399. The van der Waals surface area contributed by atoms with Crippen LogP contribution in [0.25, 0.3) is 0 Å². The molecule has 0 fully saturated rings. The van der Waals surface area contributed by atoms with Crippen molar-refractivity contribution >= 4 is 33.2 Å². The number of rotatable bonds is 6. The first-order chi connectivity index (χ1) is 11.3. The number of carbonyl (C=O) groups excluding carboxylic acids is 1. The maximum atomic E-state index is 12.4. The van der Waals surface area contributed by atoms with E-state index in [1.165, 1.54) is 0 Å². The average molecular weight is 367 g/mol.